The molecule has 0 aromatic heterocycles. The number of likely N-dealkylation sites (tertiary alicyclic amines) is 1. The van der Waals surface area contributed by atoms with E-state index in [9.17, 15) is 9.90 Å². The highest BCUT2D eigenvalue weighted by Gasteiger charge is 2.37. The van der Waals surface area contributed by atoms with Crippen LogP contribution in [0.4, 0.5) is 0 Å². The van der Waals surface area contributed by atoms with E-state index in [4.69, 9.17) is 4.74 Å². The summed E-state index contributed by atoms with van der Waals surface area (Å²) in [5, 5.41) is 9.43. The fourth-order valence-corrected chi connectivity index (χ4v) is 2.88. The lowest BCUT2D eigenvalue weighted by Gasteiger charge is -2.41. The first kappa shape index (κ1) is 15.4. The van der Waals surface area contributed by atoms with Crippen LogP contribution in [0, 0.1) is 5.41 Å². The van der Waals surface area contributed by atoms with Crippen molar-refractivity contribution < 1.29 is 14.6 Å². The SMILES string of the molecule is CCCC(C)(CN1CCC(OC)CC1C)C(=O)O. The van der Waals surface area contributed by atoms with Crippen molar-refractivity contribution in [3.8, 4) is 0 Å². The van der Waals surface area contributed by atoms with Gasteiger partial charge >= 0.3 is 5.97 Å². The first-order valence-corrected chi connectivity index (χ1v) is 6.93. The van der Waals surface area contributed by atoms with Gasteiger partial charge < -0.3 is 9.84 Å². The highest BCUT2D eigenvalue weighted by molar-refractivity contribution is 5.74. The van der Waals surface area contributed by atoms with Crippen molar-refractivity contribution in [2.45, 2.75) is 58.6 Å². The zero-order valence-electron chi connectivity index (χ0n) is 12.1. The van der Waals surface area contributed by atoms with Gasteiger partial charge in [-0.25, -0.2) is 0 Å². The first-order valence-electron chi connectivity index (χ1n) is 6.93. The van der Waals surface area contributed by atoms with Gasteiger partial charge in [0.05, 0.1) is 11.5 Å². The molecule has 4 heteroatoms. The normalized spacial score (nSPS) is 28.9. The second kappa shape index (κ2) is 6.53. The molecule has 1 N–H and O–H groups in total. The lowest BCUT2D eigenvalue weighted by molar-refractivity contribution is -0.150. The molecule has 18 heavy (non-hydrogen) atoms. The van der Waals surface area contributed by atoms with E-state index in [1.807, 2.05) is 13.8 Å². The van der Waals surface area contributed by atoms with E-state index in [0.717, 1.165) is 32.2 Å². The van der Waals surface area contributed by atoms with E-state index in [1.54, 1.807) is 7.11 Å². The summed E-state index contributed by atoms with van der Waals surface area (Å²) in [6, 6.07) is 0.402. The van der Waals surface area contributed by atoms with Crippen molar-refractivity contribution in [2.75, 3.05) is 20.2 Å². The van der Waals surface area contributed by atoms with E-state index in [2.05, 4.69) is 11.8 Å². The smallest absolute Gasteiger partial charge is 0.310 e. The molecule has 0 saturated carbocycles. The number of hydrogen-bond donors (Lipinski definition) is 1. The van der Waals surface area contributed by atoms with Crippen molar-refractivity contribution in [1.29, 1.82) is 0 Å². The van der Waals surface area contributed by atoms with E-state index in [1.165, 1.54) is 0 Å². The maximum atomic E-state index is 11.5. The monoisotopic (exact) mass is 257 g/mol. The molecule has 0 spiro atoms. The minimum Gasteiger partial charge on any atom is -0.481 e. The lowest BCUT2D eigenvalue weighted by Crippen LogP contribution is -2.49. The Morgan fingerprint density at radius 2 is 2.22 bits per heavy atom. The number of carboxylic acids is 1. The Morgan fingerprint density at radius 3 is 2.67 bits per heavy atom. The molecule has 1 aliphatic heterocycles. The third kappa shape index (κ3) is 3.69. The van der Waals surface area contributed by atoms with Gasteiger partial charge in [-0.3, -0.25) is 9.69 Å². The first-order chi connectivity index (χ1) is 8.42. The third-order valence-electron chi connectivity index (χ3n) is 4.17. The Labute approximate surface area is 110 Å². The standard InChI is InChI=1S/C14H27NO3/c1-5-7-14(3,13(16)17)10-15-8-6-12(18-4)9-11(15)2/h11-12H,5-10H2,1-4H3,(H,16,17). The molecule has 0 radical (unpaired) electrons. The molecule has 0 aromatic carbocycles. The van der Waals surface area contributed by atoms with Gasteiger partial charge in [-0.15, -0.1) is 0 Å². The van der Waals surface area contributed by atoms with Crippen LogP contribution in [-0.4, -0.2) is 48.3 Å². The van der Waals surface area contributed by atoms with Crippen LogP contribution in [-0.2, 0) is 9.53 Å². The summed E-state index contributed by atoms with van der Waals surface area (Å²) >= 11 is 0. The molecule has 106 valence electrons. The fourth-order valence-electron chi connectivity index (χ4n) is 2.88. The predicted octanol–water partition coefficient (Wildman–Crippen LogP) is 2.38. The Hall–Kier alpha value is -0.610. The molecule has 0 bridgehead atoms. The van der Waals surface area contributed by atoms with Crippen LogP contribution in [0.25, 0.3) is 0 Å². The van der Waals surface area contributed by atoms with Gasteiger partial charge in [-0.2, -0.15) is 0 Å². The van der Waals surface area contributed by atoms with Crippen LogP contribution >= 0.6 is 0 Å². The van der Waals surface area contributed by atoms with E-state index in [-0.39, 0.29) is 0 Å². The number of hydrogen-bond acceptors (Lipinski definition) is 3. The van der Waals surface area contributed by atoms with Gasteiger partial charge in [-0.1, -0.05) is 13.3 Å². The topological polar surface area (TPSA) is 49.8 Å². The van der Waals surface area contributed by atoms with Crippen LogP contribution in [0.15, 0.2) is 0 Å². The van der Waals surface area contributed by atoms with Crippen molar-refractivity contribution in [3.63, 3.8) is 0 Å². The lowest BCUT2D eigenvalue weighted by atomic mass is 9.84. The highest BCUT2D eigenvalue weighted by atomic mass is 16.5. The molecule has 4 nitrogen and oxygen atoms in total. The molecular weight excluding hydrogens is 230 g/mol. The quantitative estimate of drug-likeness (QED) is 0.793. The van der Waals surface area contributed by atoms with Crippen molar-refractivity contribution in [1.82, 2.24) is 4.90 Å². The van der Waals surface area contributed by atoms with Crippen molar-refractivity contribution in [3.05, 3.63) is 0 Å². The summed E-state index contributed by atoms with van der Waals surface area (Å²) in [4.78, 5) is 13.8. The number of piperidine rings is 1. The van der Waals surface area contributed by atoms with Crippen LogP contribution < -0.4 is 0 Å². The molecule has 3 unspecified atom stereocenters. The molecule has 1 saturated heterocycles. The van der Waals surface area contributed by atoms with Crippen molar-refractivity contribution in [2.24, 2.45) is 5.41 Å². The van der Waals surface area contributed by atoms with E-state index < -0.39 is 11.4 Å². The molecule has 1 aliphatic rings. The molecule has 1 heterocycles. The Morgan fingerprint density at radius 1 is 1.56 bits per heavy atom. The molecular formula is C14H27NO3. The maximum absolute atomic E-state index is 11.5. The molecule has 1 fully saturated rings. The molecule has 0 amide bonds. The van der Waals surface area contributed by atoms with Crippen molar-refractivity contribution >= 4 is 5.97 Å². The zero-order valence-corrected chi connectivity index (χ0v) is 12.1. The molecule has 0 aliphatic carbocycles. The molecule has 0 aromatic rings. The van der Waals surface area contributed by atoms with Gasteiger partial charge in [-0.05, 0) is 33.1 Å². The summed E-state index contributed by atoms with van der Waals surface area (Å²) in [5.41, 5.74) is -0.622. The average Bonchev–Trinajstić information content (AvgIpc) is 2.32. The Kier molecular flexibility index (Phi) is 5.60. The number of rotatable bonds is 6. The van der Waals surface area contributed by atoms with Crippen LogP contribution in [0.5, 0.6) is 0 Å². The number of nitrogens with zero attached hydrogens (tertiary/aromatic N) is 1. The number of carbonyl (C=O) groups is 1. The number of aliphatic carboxylic acids is 1. The highest BCUT2D eigenvalue weighted by Crippen LogP contribution is 2.29. The number of carboxylic acid groups (broad SMARTS) is 1. The Balaban J connectivity index is 2.62. The Bertz CT molecular complexity index is 282. The summed E-state index contributed by atoms with van der Waals surface area (Å²) in [6.45, 7) is 7.66. The average molecular weight is 257 g/mol. The summed E-state index contributed by atoms with van der Waals surface area (Å²) in [7, 11) is 1.76. The van der Waals surface area contributed by atoms with E-state index >= 15 is 0 Å². The number of methoxy groups -OCH3 is 1. The minimum absolute atomic E-state index is 0.332. The summed E-state index contributed by atoms with van der Waals surface area (Å²) in [5.74, 6) is -0.676. The molecule has 1 rings (SSSR count). The third-order valence-corrected chi connectivity index (χ3v) is 4.17. The van der Waals surface area contributed by atoms with Crippen LogP contribution in [0.1, 0.15) is 46.5 Å². The van der Waals surface area contributed by atoms with Gasteiger partial charge in [0, 0.05) is 26.2 Å². The molecule has 3 atom stereocenters. The minimum atomic E-state index is -0.676. The maximum Gasteiger partial charge on any atom is 0.310 e. The number of ether oxygens (including phenoxy) is 1. The fraction of sp³-hybridized carbons (Fsp3) is 0.929. The van der Waals surface area contributed by atoms with E-state index in [0.29, 0.717) is 18.7 Å². The summed E-state index contributed by atoms with van der Waals surface area (Å²) in [6.07, 6.45) is 3.98. The second-order valence-electron chi connectivity index (χ2n) is 5.82. The largest absolute Gasteiger partial charge is 0.481 e. The van der Waals surface area contributed by atoms with Crippen LogP contribution in [0.3, 0.4) is 0 Å². The van der Waals surface area contributed by atoms with Crippen LogP contribution in [0.2, 0.25) is 0 Å². The van der Waals surface area contributed by atoms with Gasteiger partial charge in [0.1, 0.15) is 0 Å². The second-order valence-corrected chi connectivity index (χ2v) is 5.82. The van der Waals surface area contributed by atoms with Gasteiger partial charge in [0.2, 0.25) is 0 Å². The van der Waals surface area contributed by atoms with Gasteiger partial charge in [0.15, 0.2) is 0 Å². The zero-order chi connectivity index (χ0) is 13.8. The predicted molar refractivity (Wildman–Crippen MR) is 71.7 cm³/mol. The van der Waals surface area contributed by atoms with Gasteiger partial charge in [0.25, 0.3) is 0 Å². The summed E-state index contributed by atoms with van der Waals surface area (Å²) < 4.78 is 5.39.